The monoisotopic (exact) mass is 362 g/mol. The molecule has 0 saturated heterocycles. The van der Waals surface area contributed by atoms with Gasteiger partial charge in [0.2, 0.25) is 0 Å². The van der Waals surface area contributed by atoms with Gasteiger partial charge in [-0.25, -0.2) is 4.98 Å². The Labute approximate surface area is 120 Å². The number of nitrogens with zero attached hydrogens (tertiary/aromatic N) is 1. The van der Waals surface area contributed by atoms with E-state index >= 15 is 0 Å². The van der Waals surface area contributed by atoms with Crippen molar-refractivity contribution < 1.29 is 0 Å². The highest BCUT2D eigenvalue weighted by Crippen LogP contribution is 2.35. The number of aromatic nitrogens is 2. The van der Waals surface area contributed by atoms with Gasteiger partial charge in [-0.1, -0.05) is 19.8 Å². The first-order chi connectivity index (χ1) is 8.59. The predicted molar refractivity (Wildman–Crippen MR) is 80.6 cm³/mol. The molecule has 0 radical (unpaired) electrons. The molecule has 0 bridgehead atoms. The fourth-order valence-electron chi connectivity index (χ4n) is 2.66. The average molecular weight is 362 g/mol. The molecule has 0 spiro atoms. The van der Waals surface area contributed by atoms with Gasteiger partial charge in [0, 0.05) is 6.54 Å². The minimum Gasteiger partial charge on any atom is -0.362 e. The third-order valence-electron chi connectivity index (χ3n) is 3.98. The maximum atomic E-state index is 11.6. The molecule has 0 aromatic carbocycles. The van der Waals surface area contributed by atoms with Crippen LogP contribution < -0.4 is 16.6 Å². The fraction of sp³-hybridized carbons (Fsp3) is 0.667. The molecular formula is C12H19IN4O. The lowest BCUT2D eigenvalue weighted by atomic mass is 9.73. The molecule has 2 atom stereocenters. The SMILES string of the molecule is CC1CCCCC1(CN)Nc1nc[nH]c(=O)c1I. The van der Waals surface area contributed by atoms with Crippen LogP contribution in [0, 0.1) is 9.49 Å². The summed E-state index contributed by atoms with van der Waals surface area (Å²) in [6.45, 7) is 2.79. The second-order valence-electron chi connectivity index (χ2n) is 5.03. The third kappa shape index (κ3) is 2.54. The van der Waals surface area contributed by atoms with E-state index in [1.54, 1.807) is 0 Å². The minimum absolute atomic E-state index is 0.108. The van der Waals surface area contributed by atoms with E-state index < -0.39 is 0 Å². The second kappa shape index (κ2) is 5.56. The molecule has 1 fully saturated rings. The summed E-state index contributed by atoms with van der Waals surface area (Å²) in [5.41, 5.74) is 5.75. The normalized spacial score (nSPS) is 28.1. The van der Waals surface area contributed by atoms with E-state index in [9.17, 15) is 4.79 Å². The molecule has 1 aliphatic rings. The smallest absolute Gasteiger partial charge is 0.266 e. The van der Waals surface area contributed by atoms with Gasteiger partial charge in [-0.2, -0.15) is 0 Å². The van der Waals surface area contributed by atoms with Gasteiger partial charge in [0.1, 0.15) is 9.39 Å². The molecule has 2 unspecified atom stereocenters. The van der Waals surface area contributed by atoms with Gasteiger partial charge in [-0.15, -0.1) is 0 Å². The summed E-state index contributed by atoms with van der Waals surface area (Å²) >= 11 is 2.02. The summed E-state index contributed by atoms with van der Waals surface area (Å²) in [6.07, 6.45) is 6.07. The number of hydrogen-bond acceptors (Lipinski definition) is 4. The van der Waals surface area contributed by atoms with Crippen LogP contribution in [0.1, 0.15) is 32.6 Å². The fourth-order valence-corrected chi connectivity index (χ4v) is 3.09. The lowest BCUT2D eigenvalue weighted by Gasteiger charge is -2.43. The van der Waals surface area contributed by atoms with Crippen LogP contribution in [-0.4, -0.2) is 22.1 Å². The highest BCUT2D eigenvalue weighted by atomic mass is 127. The van der Waals surface area contributed by atoms with E-state index in [0.29, 0.717) is 21.9 Å². The van der Waals surface area contributed by atoms with Crippen LogP contribution in [0.2, 0.25) is 0 Å². The summed E-state index contributed by atoms with van der Waals surface area (Å²) in [4.78, 5) is 18.4. The van der Waals surface area contributed by atoms with Crippen LogP contribution in [0.15, 0.2) is 11.1 Å². The first-order valence-corrected chi connectivity index (χ1v) is 7.38. The summed E-state index contributed by atoms with van der Waals surface area (Å²) < 4.78 is 0.598. The Morgan fingerprint density at radius 1 is 1.67 bits per heavy atom. The molecule has 1 saturated carbocycles. The van der Waals surface area contributed by atoms with Gasteiger partial charge in [-0.3, -0.25) is 4.79 Å². The Hall–Kier alpha value is -0.630. The predicted octanol–water partition coefficient (Wildman–Crippen LogP) is 1.69. The summed E-state index contributed by atoms with van der Waals surface area (Å²) in [7, 11) is 0. The molecule has 0 amide bonds. The molecule has 0 aliphatic heterocycles. The summed E-state index contributed by atoms with van der Waals surface area (Å²) in [5.74, 6) is 1.15. The number of anilines is 1. The van der Waals surface area contributed by atoms with Crippen molar-refractivity contribution >= 4 is 28.4 Å². The van der Waals surface area contributed by atoms with E-state index in [2.05, 4.69) is 22.2 Å². The Balaban J connectivity index is 2.30. The average Bonchev–Trinajstić information content (AvgIpc) is 2.38. The number of halogens is 1. The molecule has 5 nitrogen and oxygen atoms in total. The van der Waals surface area contributed by atoms with Gasteiger partial charge in [0.15, 0.2) is 0 Å². The molecule has 1 aliphatic carbocycles. The molecular weight excluding hydrogens is 343 g/mol. The van der Waals surface area contributed by atoms with Crippen molar-refractivity contribution in [3.05, 3.63) is 20.3 Å². The van der Waals surface area contributed by atoms with E-state index in [1.807, 2.05) is 22.6 Å². The topological polar surface area (TPSA) is 83.8 Å². The summed E-state index contributed by atoms with van der Waals surface area (Å²) in [5, 5.41) is 3.44. The highest BCUT2D eigenvalue weighted by Gasteiger charge is 2.37. The Morgan fingerprint density at radius 2 is 2.44 bits per heavy atom. The molecule has 2 rings (SSSR count). The zero-order valence-corrected chi connectivity index (χ0v) is 12.7. The van der Waals surface area contributed by atoms with Crippen molar-refractivity contribution in [1.82, 2.24) is 9.97 Å². The number of H-pyrrole nitrogens is 1. The molecule has 100 valence electrons. The van der Waals surface area contributed by atoms with Crippen molar-refractivity contribution in [2.75, 3.05) is 11.9 Å². The van der Waals surface area contributed by atoms with Crippen molar-refractivity contribution in [1.29, 1.82) is 0 Å². The first-order valence-electron chi connectivity index (χ1n) is 6.30. The quantitative estimate of drug-likeness (QED) is 0.715. The Bertz CT molecular complexity index is 475. The third-order valence-corrected chi connectivity index (χ3v) is 4.98. The zero-order chi connectivity index (χ0) is 13.2. The largest absolute Gasteiger partial charge is 0.362 e. The van der Waals surface area contributed by atoms with Crippen LogP contribution in [0.3, 0.4) is 0 Å². The minimum atomic E-state index is -0.126. The van der Waals surface area contributed by atoms with Crippen molar-refractivity contribution in [2.24, 2.45) is 11.7 Å². The molecule has 6 heteroatoms. The van der Waals surface area contributed by atoms with E-state index in [1.165, 1.54) is 25.6 Å². The Kier molecular flexibility index (Phi) is 4.26. The van der Waals surface area contributed by atoms with Crippen LogP contribution >= 0.6 is 22.6 Å². The molecule has 1 aromatic heterocycles. The molecule has 1 heterocycles. The van der Waals surface area contributed by atoms with Crippen LogP contribution in [0.5, 0.6) is 0 Å². The van der Waals surface area contributed by atoms with Crippen LogP contribution in [0.25, 0.3) is 0 Å². The lowest BCUT2D eigenvalue weighted by molar-refractivity contribution is 0.235. The van der Waals surface area contributed by atoms with Crippen molar-refractivity contribution in [3.8, 4) is 0 Å². The summed E-state index contributed by atoms with van der Waals surface area (Å²) in [6, 6.07) is 0. The van der Waals surface area contributed by atoms with E-state index in [-0.39, 0.29) is 11.1 Å². The van der Waals surface area contributed by atoms with Crippen LogP contribution in [-0.2, 0) is 0 Å². The lowest BCUT2D eigenvalue weighted by Crippen LogP contribution is -2.53. The number of aromatic amines is 1. The second-order valence-corrected chi connectivity index (χ2v) is 6.11. The van der Waals surface area contributed by atoms with E-state index in [0.717, 1.165) is 6.42 Å². The standard InChI is InChI=1S/C12H19IN4O/c1-8-4-2-3-5-12(8,6-14)17-10-9(13)11(18)16-7-15-10/h7-8H,2-6,14H2,1H3,(H2,15,16,17,18). The molecule has 4 N–H and O–H groups in total. The van der Waals surface area contributed by atoms with E-state index in [4.69, 9.17) is 5.73 Å². The molecule has 18 heavy (non-hydrogen) atoms. The maximum absolute atomic E-state index is 11.6. The van der Waals surface area contributed by atoms with Gasteiger partial charge in [0.25, 0.3) is 5.56 Å². The van der Waals surface area contributed by atoms with Crippen LogP contribution in [0.4, 0.5) is 5.82 Å². The maximum Gasteiger partial charge on any atom is 0.266 e. The highest BCUT2D eigenvalue weighted by molar-refractivity contribution is 14.1. The number of nitrogens with two attached hydrogens (primary N) is 1. The van der Waals surface area contributed by atoms with Gasteiger partial charge >= 0.3 is 0 Å². The molecule has 1 aromatic rings. The number of rotatable bonds is 3. The number of hydrogen-bond donors (Lipinski definition) is 3. The van der Waals surface area contributed by atoms with Crippen molar-refractivity contribution in [3.63, 3.8) is 0 Å². The van der Waals surface area contributed by atoms with Gasteiger partial charge in [-0.05, 0) is 41.4 Å². The van der Waals surface area contributed by atoms with Crippen molar-refractivity contribution in [2.45, 2.75) is 38.1 Å². The van der Waals surface area contributed by atoms with Gasteiger partial charge in [0.05, 0.1) is 11.9 Å². The Morgan fingerprint density at radius 3 is 3.11 bits per heavy atom. The number of nitrogens with one attached hydrogen (secondary N) is 2. The zero-order valence-electron chi connectivity index (χ0n) is 10.5. The first kappa shape index (κ1) is 13.8. The van der Waals surface area contributed by atoms with Gasteiger partial charge < -0.3 is 16.0 Å².